The number of nitrogens with zero attached hydrogens (tertiary/aromatic N) is 3. The normalized spacial score (nSPS) is 15.5. The number of anilines is 3. The van der Waals surface area contributed by atoms with Gasteiger partial charge in [0.2, 0.25) is 5.95 Å². The minimum absolute atomic E-state index is 0.480. The first kappa shape index (κ1) is 14.8. The van der Waals surface area contributed by atoms with Crippen LogP contribution in [0.25, 0.3) is 0 Å². The van der Waals surface area contributed by atoms with Gasteiger partial charge in [-0.25, -0.2) is 0 Å². The summed E-state index contributed by atoms with van der Waals surface area (Å²) in [4.78, 5) is 4.54. The first-order valence-corrected chi connectivity index (χ1v) is 8.16. The first-order chi connectivity index (χ1) is 10.8. The van der Waals surface area contributed by atoms with Crippen molar-refractivity contribution in [3.8, 4) is 0 Å². The van der Waals surface area contributed by atoms with E-state index < -0.39 is 0 Å². The van der Waals surface area contributed by atoms with E-state index in [2.05, 4.69) is 50.9 Å². The predicted molar refractivity (Wildman–Crippen MR) is 89.4 cm³/mol. The van der Waals surface area contributed by atoms with E-state index in [1.165, 1.54) is 37.7 Å². The Kier molecular flexibility index (Phi) is 4.83. The number of aromatic nitrogens is 3. The Morgan fingerprint density at radius 2 is 1.95 bits per heavy atom. The predicted octanol–water partition coefficient (Wildman–Crippen LogP) is 3.92. The molecule has 1 heterocycles. The maximum Gasteiger partial charge on any atom is 0.244 e. The average molecular weight is 297 g/mol. The van der Waals surface area contributed by atoms with Crippen LogP contribution in [0.2, 0.25) is 0 Å². The van der Waals surface area contributed by atoms with E-state index in [4.69, 9.17) is 0 Å². The fourth-order valence-corrected chi connectivity index (χ4v) is 2.94. The maximum atomic E-state index is 4.54. The molecule has 1 aliphatic carbocycles. The molecule has 1 aliphatic rings. The second-order valence-corrected chi connectivity index (χ2v) is 5.78. The third-order valence-corrected chi connectivity index (χ3v) is 4.16. The average Bonchev–Trinajstić information content (AvgIpc) is 2.57. The molecule has 0 atom stereocenters. The molecule has 116 valence electrons. The van der Waals surface area contributed by atoms with Gasteiger partial charge in [-0.1, -0.05) is 44.4 Å². The van der Waals surface area contributed by atoms with Gasteiger partial charge in [-0.2, -0.15) is 10.1 Å². The number of aryl methyl sites for hydroxylation is 1. The molecule has 1 fully saturated rings. The highest BCUT2D eigenvalue weighted by Gasteiger charge is 2.14. The Morgan fingerprint density at radius 3 is 2.77 bits per heavy atom. The summed E-state index contributed by atoms with van der Waals surface area (Å²) in [5.41, 5.74) is 2.34. The molecule has 0 radical (unpaired) electrons. The zero-order valence-electron chi connectivity index (χ0n) is 13.0. The summed E-state index contributed by atoms with van der Waals surface area (Å²) in [5.74, 6) is 1.35. The zero-order valence-corrected chi connectivity index (χ0v) is 13.0. The van der Waals surface area contributed by atoms with E-state index in [-0.39, 0.29) is 0 Å². The fraction of sp³-hybridized carbons (Fsp3) is 0.471. The van der Waals surface area contributed by atoms with Crippen LogP contribution >= 0.6 is 0 Å². The van der Waals surface area contributed by atoms with E-state index in [9.17, 15) is 0 Å². The highest BCUT2D eigenvalue weighted by Crippen LogP contribution is 2.22. The Balaban J connectivity index is 1.70. The smallest absolute Gasteiger partial charge is 0.244 e. The Labute approximate surface area is 131 Å². The van der Waals surface area contributed by atoms with Crippen molar-refractivity contribution in [2.45, 2.75) is 51.5 Å². The Bertz CT molecular complexity index is 608. The van der Waals surface area contributed by atoms with Crippen LogP contribution in [0.3, 0.4) is 0 Å². The SMILES string of the molecule is CCc1ccccc1Nc1cnnc(NC2CCCCC2)n1. The Morgan fingerprint density at radius 1 is 1.14 bits per heavy atom. The summed E-state index contributed by atoms with van der Waals surface area (Å²) >= 11 is 0. The van der Waals surface area contributed by atoms with Gasteiger partial charge in [0.25, 0.3) is 0 Å². The highest BCUT2D eigenvalue weighted by atomic mass is 15.3. The van der Waals surface area contributed by atoms with Gasteiger partial charge < -0.3 is 10.6 Å². The molecule has 0 amide bonds. The molecule has 5 heteroatoms. The molecule has 1 aromatic carbocycles. The monoisotopic (exact) mass is 297 g/mol. The third-order valence-electron chi connectivity index (χ3n) is 4.16. The summed E-state index contributed by atoms with van der Waals surface area (Å²) in [5, 5.41) is 14.9. The van der Waals surface area contributed by atoms with Crippen LogP contribution in [-0.4, -0.2) is 21.2 Å². The molecule has 0 saturated heterocycles. The number of hydrogen-bond acceptors (Lipinski definition) is 5. The third kappa shape index (κ3) is 3.72. The zero-order chi connectivity index (χ0) is 15.2. The molecule has 1 aromatic heterocycles. The molecule has 0 aliphatic heterocycles. The van der Waals surface area contributed by atoms with Gasteiger partial charge in [0.1, 0.15) is 0 Å². The van der Waals surface area contributed by atoms with E-state index in [1.54, 1.807) is 6.20 Å². The van der Waals surface area contributed by atoms with Crippen molar-refractivity contribution in [1.29, 1.82) is 0 Å². The molecule has 0 spiro atoms. The largest absolute Gasteiger partial charge is 0.350 e. The lowest BCUT2D eigenvalue weighted by Gasteiger charge is -2.22. The maximum absolute atomic E-state index is 4.54. The van der Waals surface area contributed by atoms with Crippen LogP contribution < -0.4 is 10.6 Å². The molecule has 3 rings (SSSR count). The van der Waals surface area contributed by atoms with Gasteiger partial charge in [-0.15, -0.1) is 5.10 Å². The standard InChI is InChI=1S/C17H23N5/c1-2-13-8-6-7-11-15(13)20-16-12-18-22-17(21-16)19-14-9-4-3-5-10-14/h6-8,11-12,14H,2-5,9-10H2,1H3,(H2,19,20,21,22). The minimum Gasteiger partial charge on any atom is -0.350 e. The molecule has 5 nitrogen and oxygen atoms in total. The lowest BCUT2D eigenvalue weighted by atomic mass is 9.96. The van der Waals surface area contributed by atoms with Crippen LogP contribution in [-0.2, 0) is 6.42 Å². The van der Waals surface area contributed by atoms with Gasteiger partial charge in [-0.05, 0) is 30.9 Å². The van der Waals surface area contributed by atoms with Crippen molar-refractivity contribution in [3.63, 3.8) is 0 Å². The van der Waals surface area contributed by atoms with Crippen LogP contribution in [0.5, 0.6) is 0 Å². The van der Waals surface area contributed by atoms with Crippen LogP contribution in [0.1, 0.15) is 44.6 Å². The van der Waals surface area contributed by atoms with Gasteiger partial charge in [-0.3, -0.25) is 0 Å². The Hall–Kier alpha value is -2.17. The van der Waals surface area contributed by atoms with Crippen molar-refractivity contribution in [1.82, 2.24) is 15.2 Å². The van der Waals surface area contributed by atoms with Gasteiger partial charge in [0.15, 0.2) is 5.82 Å². The first-order valence-electron chi connectivity index (χ1n) is 8.16. The van der Waals surface area contributed by atoms with E-state index in [1.807, 2.05) is 6.07 Å². The quantitative estimate of drug-likeness (QED) is 0.875. The van der Waals surface area contributed by atoms with Crippen molar-refractivity contribution in [3.05, 3.63) is 36.0 Å². The van der Waals surface area contributed by atoms with E-state index in [0.717, 1.165) is 17.9 Å². The van der Waals surface area contributed by atoms with Gasteiger partial charge in [0.05, 0.1) is 6.20 Å². The van der Waals surface area contributed by atoms with Crippen LogP contribution in [0.15, 0.2) is 30.5 Å². The lowest BCUT2D eigenvalue weighted by Crippen LogP contribution is -2.23. The molecule has 2 aromatic rings. The number of hydrogen-bond donors (Lipinski definition) is 2. The van der Waals surface area contributed by atoms with Crippen molar-refractivity contribution < 1.29 is 0 Å². The highest BCUT2D eigenvalue weighted by molar-refractivity contribution is 5.60. The van der Waals surface area contributed by atoms with E-state index >= 15 is 0 Å². The molecular weight excluding hydrogens is 274 g/mol. The van der Waals surface area contributed by atoms with Crippen molar-refractivity contribution >= 4 is 17.5 Å². The van der Waals surface area contributed by atoms with E-state index in [0.29, 0.717) is 12.0 Å². The van der Waals surface area contributed by atoms with Crippen molar-refractivity contribution in [2.75, 3.05) is 10.6 Å². The summed E-state index contributed by atoms with van der Waals surface area (Å²) in [6.07, 6.45) is 8.94. The molecule has 2 N–H and O–H groups in total. The molecule has 22 heavy (non-hydrogen) atoms. The molecule has 1 saturated carbocycles. The number of nitrogens with one attached hydrogen (secondary N) is 2. The fourth-order valence-electron chi connectivity index (χ4n) is 2.94. The summed E-state index contributed by atoms with van der Waals surface area (Å²) in [6, 6.07) is 8.75. The van der Waals surface area contributed by atoms with Gasteiger partial charge in [0, 0.05) is 11.7 Å². The van der Waals surface area contributed by atoms with Gasteiger partial charge >= 0.3 is 0 Å². The summed E-state index contributed by atoms with van der Waals surface area (Å²) in [7, 11) is 0. The van der Waals surface area contributed by atoms with Crippen LogP contribution in [0, 0.1) is 0 Å². The number of para-hydroxylation sites is 1. The summed E-state index contributed by atoms with van der Waals surface area (Å²) in [6.45, 7) is 2.15. The van der Waals surface area contributed by atoms with Crippen molar-refractivity contribution in [2.24, 2.45) is 0 Å². The molecular formula is C17H23N5. The number of rotatable bonds is 5. The van der Waals surface area contributed by atoms with Crippen LogP contribution in [0.4, 0.5) is 17.5 Å². The molecule has 0 unspecified atom stereocenters. The number of benzene rings is 1. The lowest BCUT2D eigenvalue weighted by molar-refractivity contribution is 0.460. The molecule has 0 bridgehead atoms. The topological polar surface area (TPSA) is 62.7 Å². The minimum atomic E-state index is 0.480. The second kappa shape index (κ2) is 7.20. The second-order valence-electron chi connectivity index (χ2n) is 5.78. The summed E-state index contributed by atoms with van der Waals surface area (Å²) < 4.78 is 0.